The van der Waals surface area contributed by atoms with Crippen molar-refractivity contribution >= 4 is 60.9 Å². The van der Waals surface area contributed by atoms with Gasteiger partial charge < -0.3 is 13.7 Å². The number of hydrogen-bond acceptors (Lipinski definition) is 4. The van der Waals surface area contributed by atoms with Gasteiger partial charge in [0.15, 0.2) is 11.2 Å². The van der Waals surface area contributed by atoms with Crippen LogP contribution in [0, 0.1) is 0 Å². The summed E-state index contributed by atoms with van der Waals surface area (Å²) in [6, 6.07) is 41.9. The van der Waals surface area contributed by atoms with Gasteiger partial charge in [0.1, 0.15) is 11.2 Å². The fraction of sp³-hybridized carbons (Fsp3) is 0. The standard InChI is InChI=1S/C35H22N2O2/c1-2-8-23(9-3-1)24-16-18-25(19-17-24)37(29-12-7-15-32-34(29)28-20-21-36-22-33(28)38-32)30-13-6-11-27-26-10-4-5-14-31(26)39-35(27)30/h1-22H. The number of nitrogens with zero attached hydrogens (tertiary/aromatic N) is 2. The Labute approximate surface area is 224 Å². The highest BCUT2D eigenvalue weighted by molar-refractivity contribution is 6.15. The lowest BCUT2D eigenvalue weighted by Crippen LogP contribution is -2.10. The van der Waals surface area contributed by atoms with E-state index in [0.29, 0.717) is 0 Å². The van der Waals surface area contributed by atoms with Crippen molar-refractivity contribution in [1.82, 2.24) is 4.98 Å². The monoisotopic (exact) mass is 502 g/mol. The van der Waals surface area contributed by atoms with E-state index >= 15 is 0 Å². The van der Waals surface area contributed by atoms with Gasteiger partial charge in [0.25, 0.3) is 0 Å². The molecule has 4 heteroatoms. The minimum absolute atomic E-state index is 0.765. The van der Waals surface area contributed by atoms with Gasteiger partial charge in [-0.3, -0.25) is 4.98 Å². The van der Waals surface area contributed by atoms with Crippen LogP contribution in [-0.4, -0.2) is 4.98 Å². The minimum Gasteiger partial charge on any atom is -0.454 e. The first-order chi connectivity index (χ1) is 19.3. The van der Waals surface area contributed by atoms with Gasteiger partial charge in [-0.15, -0.1) is 0 Å². The molecule has 3 aromatic heterocycles. The smallest absolute Gasteiger partial charge is 0.159 e. The van der Waals surface area contributed by atoms with Gasteiger partial charge in [0, 0.05) is 28.0 Å². The molecule has 184 valence electrons. The lowest BCUT2D eigenvalue weighted by Gasteiger charge is -2.26. The van der Waals surface area contributed by atoms with Crippen LogP contribution in [0.4, 0.5) is 17.1 Å². The van der Waals surface area contributed by atoms with Crippen LogP contribution >= 0.6 is 0 Å². The quantitative estimate of drug-likeness (QED) is 0.240. The van der Waals surface area contributed by atoms with E-state index in [1.54, 1.807) is 6.20 Å². The number of rotatable bonds is 4. The molecule has 0 amide bonds. The molecule has 0 atom stereocenters. The number of hydrogen-bond donors (Lipinski definition) is 0. The molecule has 0 fully saturated rings. The summed E-state index contributed by atoms with van der Waals surface area (Å²) in [5.74, 6) is 0. The average molecular weight is 503 g/mol. The Hall–Kier alpha value is -5.35. The maximum absolute atomic E-state index is 6.51. The summed E-state index contributed by atoms with van der Waals surface area (Å²) in [6.07, 6.45) is 3.59. The van der Waals surface area contributed by atoms with Gasteiger partial charge in [-0.1, -0.05) is 78.9 Å². The topological polar surface area (TPSA) is 42.4 Å². The number of pyridine rings is 1. The molecule has 0 N–H and O–H groups in total. The van der Waals surface area contributed by atoms with E-state index < -0.39 is 0 Å². The molecule has 0 bridgehead atoms. The lowest BCUT2D eigenvalue weighted by atomic mass is 10.0. The summed E-state index contributed by atoms with van der Waals surface area (Å²) >= 11 is 0. The number of furan rings is 2. The van der Waals surface area contributed by atoms with Crippen LogP contribution < -0.4 is 4.90 Å². The van der Waals surface area contributed by atoms with E-state index in [2.05, 4.69) is 94.8 Å². The molecule has 0 unspecified atom stereocenters. The van der Waals surface area contributed by atoms with Crippen LogP contribution in [0.25, 0.3) is 55.0 Å². The van der Waals surface area contributed by atoms with Crippen LogP contribution in [0.5, 0.6) is 0 Å². The molecule has 0 radical (unpaired) electrons. The van der Waals surface area contributed by atoms with E-state index in [1.165, 1.54) is 11.1 Å². The molecule has 5 aromatic carbocycles. The number of benzene rings is 5. The predicted molar refractivity (Wildman–Crippen MR) is 159 cm³/mol. The van der Waals surface area contributed by atoms with Gasteiger partial charge in [0.2, 0.25) is 0 Å². The molecule has 0 saturated carbocycles. The molecule has 0 aliphatic rings. The summed E-state index contributed by atoms with van der Waals surface area (Å²) in [5.41, 5.74) is 8.65. The zero-order chi connectivity index (χ0) is 25.8. The third kappa shape index (κ3) is 3.42. The van der Waals surface area contributed by atoms with Crippen LogP contribution in [0.2, 0.25) is 0 Å². The highest BCUT2D eigenvalue weighted by atomic mass is 16.3. The molecule has 4 nitrogen and oxygen atoms in total. The maximum Gasteiger partial charge on any atom is 0.159 e. The normalized spacial score (nSPS) is 11.6. The molecule has 0 aliphatic carbocycles. The Morgan fingerprint density at radius 3 is 2.10 bits per heavy atom. The van der Waals surface area contributed by atoms with Crippen LogP contribution in [0.15, 0.2) is 143 Å². The summed E-state index contributed by atoms with van der Waals surface area (Å²) in [7, 11) is 0. The van der Waals surface area contributed by atoms with Gasteiger partial charge in [-0.2, -0.15) is 0 Å². The molecule has 39 heavy (non-hydrogen) atoms. The zero-order valence-corrected chi connectivity index (χ0v) is 20.9. The van der Waals surface area contributed by atoms with E-state index in [0.717, 1.165) is 60.9 Å². The van der Waals surface area contributed by atoms with Crippen molar-refractivity contribution in [3.63, 3.8) is 0 Å². The number of fused-ring (bicyclic) bond motifs is 6. The van der Waals surface area contributed by atoms with Crippen molar-refractivity contribution in [3.05, 3.63) is 134 Å². The number of anilines is 3. The number of aromatic nitrogens is 1. The summed E-state index contributed by atoms with van der Waals surface area (Å²) in [5, 5.41) is 4.25. The first-order valence-corrected chi connectivity index (χ1v) is 13.0. The highest BCUT2D eigenvalue weighted by Crippen LogP contribution is 2.46. The van der Waals surface area contributed by atoms with Gasteiger partial charge >= 0.3 is 0 Å². The molecule has 0 spiro atoms. The fourth-order valence-corrected chi connectivity index (χ4v) is 5.60. The Bertz CT molecular complexity index is 2120. The Morgan fingerprint density at radius 1 is 0.487 bits per heavy atom. The fourth-order valence-electron chi connectivity index (χ4n) is 5.60. The second-order valence-electron chi connectivity index (χ2n) is 9.62. The molecule has 8 aromatic rings. The Morgan fingerprint density at radius 2 is 1.21 bits per heavy atom. The summed E-state index contributed by atoms with van der Waals surface area (Å²) in [6.45, 7) is 0. The number of para-hydroxylation sites is 2. The van der Waals surface area contributed by atoms with Crippen LogP contribution in [0.1, 0.15) is 0 Å². The highest BCUT2D eigenvalue weighted by Gasteiger charge is 2.23. The van der Waals surface area contributed by atoms with E-state index in [-0.39, 0.29) is 0 Å². The lowest BCUT2D eigenvalue weighted by molar-refractivity contribution is 0.666. The predicted octanol–water partition coefficient (Wildman–Crippen LogP) is 10.0. The second-order valence-corrected chi connectivity index (χ2v) is 9.62. The largest absolute Gasteiger partial charge is 0.454 e. The zero-order valence-electron chi connectivity index (χ0n) is 20.9. The second kappa shape index (κ2) is 8.61. The van der Waals surface area contributed by atoms with Crippen molar-refractivity contribution < 1.29 is 8.83 Å². The molecule has 8 rings (SSSR count). The molecular formula is C35H22N2O2. The summed E-state index contributed by atoms with van der Waals surface area (Å²) < 4.78 is 12.7. The van der Waals surface area contributed by atoms with Crippen LogP contribution in [-0.2, 0) is 0 Å². The minimum atomic E-state index is 0.765. The van der Waals surface area contributed by atoms with Gasteiger partial charge in [0.05, 0.1) is 23.0 Å². The van der Waals surface area contributed by atoms with Crippen molar-refractivity contribution in [2.45, 2.75) is 0 Å². The third-order valence-corrected chi connectivity index (χ3v) is 7.38. The van der Waals surface area contributed by atoms with Gasteiger partial charge in [-0.25, -0.2) is 0 Å². The van der Waals surface area contributed by atoms with Crippen molar-refractivity contribution in [1.29, 1.82) is 0 Å². The van der Waals surface area contributed by atoms with Gasteiger partial charge in [-0.05, 0) is 53.6 Å². The van der Waals surface area contributed by atoms with Crippen molar-refractivity contribution in [3.8, 4) is 11.1 Å². The third-order valence-electron chi connectivity index (χ3n) is 7.38. The Kier molecular flexibility index (Phi) is 4.79. The first kappa shape index (κ1) is 21.7. The van der Waals surface area contributed by atoms with Crippen molar-refractivity contribution in [2.75, 3.05) is 4.90 Å². The Balaban J connectivity index is 1.42. The van der Waals surface area contributed by atoms with E-state index in [9.17, 15) is 0 Å². The molecule has 3 heterocycles. The molecule has 0 aliphatic heterocycles. The van der Waals surface area contributed by atoms with Crippen LogP contribution in [0.3, 0.4) is 0 Å². The average Bonchev–Trinajstić information content (AvgIpc) is 3.58. The maximum atomic E-state index is 6.51. The van der Waals surface area contributed by atoms with E-state index in [4.69, 9.17) is 8.83 Å². The molecule has 0 saturated heterocycles. The van der Waals surface area contributed by atoms with Crippen molar-refractivity contribution in [2.24, 2.45) is 0 Å². The summed E-state index contributed by atoms with van der Waals surface area (Å²) in [4.78, 5) is 6.56. The SMILES string of the molecule is c1ccc(-c2ccc(N(c3cccc4c3oc3ccccc34)c3cccc4oc5cnccc5c34)cc2)cc1. The first-order valence-electron chi connectivity index (χ1n) is 13.0. The van der Waals surface area contributed by atoms with E-state index in [1.807, 2.05) is 42.6 Å². The molecular weight excluding hydrogens is 480 g/mol.